The Bertz CT molecular complexity index is 1110. The molecule has 28 heavy (non-hydrogen) atoms. The molecule has 4 rings (SSSR count). The number of halogens is 1. The summed E-state index contributed by atoms with van der Waals surface area (Å²) in [4.78, 5) is 0. The zero-order chi connectivity index (χ0) is 19.5. The summed E-state index contributed by atoms with van der Waals surface area (Å²) in [6.45, 7) is 4.55. The first kappa shape index (κ1) is 18.2. The van der Waals surface area contributed by atoms with Crippen LogP contribution in [0.1, 0.15) is 16.7 Å². The van der Waals surface area contributed by atoms with Gasteiger partial charge in [0, 0.05) is 16.1 Å². The summed E-state index contributed by atoms with van der Waals surface area (Å²) in [5.74, 6) is 2.13. The monoisotopic (exact) mass is 390 g/mol. The van der Waals surface area contributed by atoms with Gasteiger partial charge in [0.05, 0.1) is 6.54 Å². The summed E-state index contributed by atoms with van der Waals surface area (Å²) in [5.41, 5.74) is 4.17. The summed E-state index contributed by atoms with van der Waals surface area (Å²) in [6.07, 6.45) is 0. The van der Waals surface area contributed by atoms with Crippen molar-refractivity contribution in [2.24, 2.45) is 0 Å². The van der Waals surface area contributed by atoms with Crippen molar-refractivity contribution in [3.8, 4) is 22.9 Å². The fraction of sp³-hybridized carbons (Fsp3) is 0.136. The largest absolute Gasteiger partial charge is 0.457 e. The first-order valence-corrected chi connectivity index (χ1v) is 9.34. The summed E-state index contributed by atoms with van der Waals surface area (Å²) >= 11 is 6.51. The Morgan fingerprint density at radius 1 is 0.929 bits per heavy atom. The van der Waals surface area contributed by atoms with E-state index in [1.54, 1.807) is 4.68 Å². The van der Waals surface area contributed by atoms with Crippen molar-refractivity contribution in [3.05, 3.63) is 88.4 Å². The number of rotatable bonds is 5. The predicted molar refractivity (Wildman–Crippen MR) is 110 cm³/mol. The minimum absolute atomic E-state index is 0.400. The van der Waals surface area contributed by atoms with Gasteiger partial charge in [-0.15, -0.1) is 5.10 Å². The summed E-state index contributed by atoms with van der Waals surface area (Å²) in [6, 6.07) is 21.3. The lowest BCUT2D eigenvalue weighted by Crippen LogP contribution is -2.07. The zero-order valence-electron chi connectivity index (χ0n) is 15.6. The van der Waals surface area contributed by atoms with Gasteiger partial charge in [0.1, 0.15) is 11.5 Å². The molecule has 0 radical (unpaired) electrons. The van der Waals surface area contributed by atoms with E-state index in [9.17, 15) is 0 Å². The van der Waals surface area contributed by atoms with Gasteiger partial charge in [-0.25, -0.2) is 4.68 Å². The number of hydrogen-bond donors (Lipinski definition) is 0. The van der Waals surface area contributed by atoms with Gasteiger partial charge in [-0.2, -0.15) is 0 Å². The van der Waals surface area contributed by atoms with Crippen molar-refractivity contribution in [1.29, 1.82) is 0 Å². The van der Waals surface area contributed by atoms with Crippen LogP contribution in [0.3, 0.4) is 0 Å². The number of ether oxygens (including phenoxy) is 1. The van der Waals surface area contributed by atoms with Gasteiger partial charge in [-0.3, -0.25) is 0 Å². The number of aromatic nitrogens is 4. The van der Waals surface area contributed by atoms with E-state index in [2.05, 4.69) is 35.4 Å². The second-order valence-corrected chi connectivity index (χ2v) is 6.95. The number of tetrazole rings is 1. The van der Waals surface area contributed by atoms with E-state index in [1.165, 1.54) is 5.56 Å². The Morgan fingerprint density at radius 3 is 2.54 bits per heavy atom. The number of aryl methyl sites for hydroxylation is 1. The quantitative estimate of drug-likeness (QED) is 0.454. The number of nitrogens with zero attached hydrogens (tertiary/aromatic N) is 4. The molecule has 140 valence electrons. The van der Waals surface area contributed by atoms with Crippen LogP contribution in [0.5, 0.6) is 11.5 Å². The third-order valence-electron chi connectivity index (χ3n) is 4.73. The molecule has 0 fully saturated rings. The molecular formula is C22H19ClN4O. The molecule has 0 aliphatic carbocycles. The van der Waals surface area contributed by atoms with Crippen molar-refractivity contribution < 1.29 is 4.74 Å². The van der Waals surface area contributed by atoms with Crippen molar-refractivity contribution in [2.45, 2.75) is 20.4 Å². The SMILES string of the molecule is Cc1cccc(-c2nnnn2Cc2c(Cl)cccc2Oc2ccccc2)c1C. The Hall–Kier alpha value is -3.18. The van der Waals surface area contributed by atoms with Crippen LogP contribution in [0.2, 0.25) is 5.02 Å². The van der Waals surface area contributed by atoms with Crippen molar-refractivity contribution in [2.75, 3.05) is 0 Å². The fourth-order valence-electron chi connectivity index (χ4n) is 3.05. The van der Waals surface area contributed by atoms with E-state index in [4.69, 9.17) is 16.3 Å². The Morgan fingerprint density at radius 2 is 1.71 bits per heavy atom. The highest BCUT2D eigenvalue weighted by Crippen LogP contribution is 2.32. The van der Waals surface area contributed by atoms with E-state index in [-0.39, 0.29) is 0 Å². The van der Waals surface area contributed by atoms with Gasteiger partial charge >= 0.3 is 0 Å². The molecule has 0 unspecified atom stereocenters. The van der Waals surface area contributed by atoms with E-state index in [0.29, 0.717) is 23.1 Å². The standard InChI is InChI=1S/C22H19ClN4O/c1-15-8-6-11-18(16(15)2)22-24-25-26-27(22)14-19-20(23)12-7-13-21(19)28-17-9-4-3-5-10-17/h3-13H,14H2,1-2H3. The maximum atomic E-state index is 6.51. The van der Waals surface area contributed by atoms with Crippen LogP contribution in [0.4, 0.5) is 0 Å². The first-order chi connectivity index (χ1) is 13.6. The number of para-hydroxylation sites is 1. The molecular weight excluding hydrogens is 372 g/mol. The van der Waals surface area contributed by atoms with Gasteiger partial charge in [-0.1, -0.05) is 54.1 Å². The highest BCUT2D eigenvalue weighted by Gasteiger charge is 2.16. The lowest BCUT2D eigenvalue weighted by atomic mass is 10.0. The van der Waals surface area contributed by atoms with Gasteiger partial charge in [-0.05, 0) is 59.7 Å². The second kappa shape index (κ2) is 7.82. The molecule has 0 spiro atoms. The zero-order valence-corrected chi connectivity index (χ0v) is 16.4. The Balaban J connectivity index is 1.72. The van der Waals surface area contributed by atoms with Crippen LogP contribution in [-0.4, -0.2) is 20.2 Å². The van der Waals surface area contributed by atoms with Gasteiger partial charge in [0.15, 0.2) is 5.82 Å². The molecule has 0 atom stereocenters. The Kier molecular flexibility index (Phi) is 5.08. The third kappa shape index (κ3) is 3.62. The third-order valence-corrected chi connectivity index (χ3v) is 5.09. The summed E-state index contributed by atoms with van der Waals surface area (Å²) in [5, 5.41) is 12.9. The topological polar surface area (TPSA) is 52.8 Å². The molecule has 1 aromatic heterocycles. The average Bonchev–Trinajstić information content (AvgIpc) is 3.15. The maximum Gasteiger partial charge on any atom is 0.182 e. The smallest absolute Gasteiger partial charge is 0.182 e. The van der Waals surface area contributed by atoms with E-state index in [0.717, 1.165) is 22.4 Å². The molecule has 0 amide bonds. The minimum Gasteiger partial charge on any atom is -0.457 e. The molecule has 0 aliphatic heterocycles. The van der Waals surface area contributed by atoms with Gasteiger partial charge in [0.25, 0.3) is 0 Å². The fourth-order valence-corrected chi connectivity index (χ4v) is 3.28. The van der Waals surface area contributed by atoms with Crippen LogP contribution >= 0.6 is 11.6 Å². The van der Waals surface area contributed by atoms with Crippen LogP contribution < -0.4 is 4.74 Å². The van der Waals surface area contributed by atoms with Crippen molar-refractivity contribution in [1.82, 2.24) is 20.2 Å². The molecule has 0 aliphatic rings. The highest BCUT2D eigenvalue weighted by molar-refractivity contribution is 6.31. The molecule has 4 aromatic rings. The normalized spacial score (nSPS) is 10.8. The van der Waals surface area contributed by atoms with Crippen LogP contribution in [0.25, 0.3) is 11.4 Å². The van der Waals surface area contributed by atoms with E-state index >= 15 is 0 Å². The molecule has 6 heteroatoms. The van der Waals surface area contributed by atoms with Gasteiger partial charge in [0.2, 0.25) is 0 Å². The first-order valence-electron chi connectivity index (χ1n) is 8.96. The lowest BCUT2D eigenvalue weighted by molar-refractivity contribution is 0.471. The van der Waals surface area contributed by atoms with Crippen molar-refractivity contribution in [3.63, 3.8) is 0 Å². The second-order valence-electron chi connectivity index (χ2n) is 6.54. The minimum atomic E-state index is 0.400. The van der Waals surface area contributed by atoms with Crippen molar-refractivity contribution >= 4 is 11.6 Å². The Labute approximate surface area is 168 Å². The van der Waals surface area contributed by atoms with Crippen LogP contribution in [-0.2, 0) is 6.54 Å². The molecule has 1 heterocycles. The number of hydrogen-bond acceptors (Lipinski definition) is 4. The van der Waals surface area contributed by atoms with Gasteiger partial charge < -0.3 is 4.74 Å². The van der Waals surface area contributed by atoms with E-state index in [1.807, 2.05) is 60.7 Å². The van der Waals surface area contributed by atoms with Crippen LogP contribution in [0.15, 0.2) is 66.7 Å². The highest BCUT2D eigenvalue weighted by atomic mass is 35.5. The number of benzene rings is 3. The molecule has 0 saturated heterocycles. The summed E-state index contributed by atoms with van der Waals surface area (Å²) < 4.78 is 7.81. The maximum absolute atomic E-state index is 6.51. The molecule has 3 aromatic carbocycles. The van der Waals surface area contributed by atoms with Crippen LogP contribution in [0, 0.1) is 13.8 Å². The average molecular weight is 391 g/mol. The summed E-state index contributed by atoms with van der Waals surface area (Å²) in [7, 11) is 0. The molecule has 0 N–H and O–H groups in total. The van der Waals surface area contributed by atoms with E-state index < -0.39 is 0 Å². The molecule has 5 nitrogen and oxygen atoms in total. The molecule has 0 saturated carbocycles. The predicted octanol–water partition coefficient (Wildman–Crippen LogP) is 5.45. The lowest BCUT2D eigenvalue weighted by Gasteiger charge is -2.14. The molecule has 0 bridgehead atoms.